The smallest absolute Gasteiger partial charge is 0.320 e. The zero-order valence-corrected chi connectivity index (χ0v) is 10.8. The Balaban J connectivity index is 2.19. The summed E-state index contributed by atoms with van der Waals surface area (Å²) in [6, 6.07) is 0. The maximum absolute atomic E-state index is 11.2. The highest BCUT2D eigenvalue weighted by molar-refractivity contribution is 5.91. The number of nitrogens with zero attached hydrogens (tertiary/aromatic N) is 1. The summed E-state index contributed by atoms with van der Waals surface area (Å²) in [6.45, 7) is 6.73. The van der Waals surface area contributed by atoms with E-state index in [2.05, 4.69) is 11.9 Å². The summed E-state index contributed by atoms with van der Waals surface area (Å²) in [5.41, 5.74) is 0.520. The van der Waals surface area contributed by atoms with Gasteiger partial charge in [-0.1, -0.05) is 6.58 Å². The highest BCUT2D eigenvalue weighted by Gasteiger charge is 2.41. The molecular formula is C12H21N2O3+. The van der Waals surface area contributed by atoms with Gasteiger partial charge < -0.3 is 10.1 Å². The SMILES string of the molecule is C=C(C)C(=O)NCCC[N+](C)(C)C1CC(=O)O1. The molecule has 1 heterocycles. The van der Waals surface area contributed by atoms with Gasteiger partial charge in [0.2, 0.25) is 12.1 Å². The van der Waals surface area contributed by atoms with Gasteiger partial charge in [-0.25, -0.2) is 0 Å². The Kier molecular flexibility index (Phi) is 4.28. The number of quaternary nitrogens is 1. The van der Waals surface area contributed by atoms with Crippen LogP contribution in [0.1, 0.15) is 19.8 Å². The second kappa shape index (κ2) is 5.31. The van der Waals surface area contributed by atoms with E-state index < -0.39 is 0 Å². The molecule has 0 bridgehead atoms. The van der Waals surface area contributed by atoms with E-state index in [-0.39, 0.29) is 18.1 Å². The molecule has 0 spiro atoms. The van der Waals surface area contributed by atoms with Gasteiger partial charge in [0.25, 0.3) is 0 Å². The Hall–Kier alpha value is -1.36. The van der Waals surface area contributed by atoms with E-state index in [1.165, 1.54) is 0 Å². The number of carbonyl (C=O) groups excluding carboxylic acids is 2. The summed E-state index contributed by atoms with van der Waals surface area (Å²) >= 11 is 0. The minimum absolute atomic E-state index is 0.0284. The van der Waals surface area contributed by atoms with Crippen LogP contribution in [0.5, 0.6) is 0 Å². The number of hydrogen-bond acceptors (Lipinski definition) is 3. The van der Waals surface area contributed by atoms with Gasteiger partial charge in [0.1, 0.15) is 6.42 Å². The minimum atomic E-state index is -0.128. The van der Waals surface area contributed by atoms with Crippen molar-refractivity contribution in [2.24, 2.45) is 0 Å². The summed E-state index contributed by atoms with van der Waals surface area (Å²) in [7, 11) is 4.05. The van der Waals surface area contributed by atoms with Crippen LogP contribution in [-0.4, -0.2) is 49.8 Å². The third kappa shape index (κ3) is 3.85. The lowest BCUT2D eigenvalue weighted by Crippen LogP contribution is -2.57. The Morgan fingerprint density at radius 3 is 2.65 bits per heavy atom. The fourth-order valence-electron chi connectivity index (χ4n) is 1.66. The number of esters is 1. The fraction of sp³-hybridized carbons (Fsp3) is 0.667. The molecule has 5 nitrogen and oxygen atoms in total. The molecular weight excluding hydrogens is 220 g/mol. The number of carbonyl (C=O) groups is 2. The number of amides is 1. The van der Waals surface area contributed by atoms with Gasteiger partial charge in [-0.3, -0.25) is 14.1 Å². The summed E-state index contributed by atoms with van der Waals surface area (Å²) in [5, 5.41) is 2.78. The van der Waals surface area contributed by atoms with Crippen molar-refractivity contribution in [2.45, 2.75) is 26.0 Å². The third-order valence-electron chi connectivity index (χ3n) is 2.97. The molecule has 1 atom stereocenters. The highest BCUT2D eigenvalue weighted by Crippen LogP contribution is 2.22. The fourth-order valence-corrected chi connectivity index (χ4v) is 1.66. The van der Waals surface area contributed by atoms with Crippen molar-refractivity contribution in [2.75, 3.05) is 27.2 Å². The van der Waals surface area contributed by atoms with Gasteiger partial charge in [-0.05, 0) is 6.92 Å². The first-order valence-corrected chi connectivity index (χ1v) is 5.79. The van der Waals surface area contributed by atoms with E-state index in [9.17, 15) is 9.59 Å². The lowest BCUT2D eigenvalue weighted by molar-refractivity contribution is -0.939. The van der Waals surface area contributed by atoms with Crippen LogP contribution in [0.4, 0.5) is 0 Å². The van der Waals surface area contributed by atoms with Crippen LogP contribution in [0.3, 0.4) is 0 Å². The van der Waals surface area contributed by atoms with Crippen LogP contribution < -0.4 is 5.32 Å². The van der Waals surface area contributed by atoms with E-state index in [0.717, 1.165) is 13.0 Å². The second-order valence-corrected chi connectivity index (χ2v) is 5.04. The zero-order chi connectivity index (χ0) is 13.1. The normalized spacial score (nSPS) is 19.2. The van der Waals surface area contributed by atoms with Crippen molar-refractivity contribution in [3.8, 4) is 0 Å². The molecule has 17 heavy (non-hydrogen) atoms. The van der Waals surface area contributed by atoms with E-state index in [1.54, 1.807) is 6.92 Å². The largest absolute Gasteiger partial charge is 0.411 e. The molecule has 1 unspecified atom stereocenters. The summed E-state index contributed by atoms with van der Waals surface area (Å²) in [6.07, 6.45) is 1.31. The molecule has 1 fully saturated rings. The van der Waals surface area contributed by atoms with Crippen molar-refractivity contribution in [1.29, 1.82) is 0 Å². The molecule has 1 saturated heterocycles. The first-order chi connectivity index (χ1) is 7.83. The highest BCUT2D eigenvalue weighted by atomic mass is 16.6. The van der Waals surface area contributed by atoms with Crippen molar-refractivity contribution in [3.63, 3.8) is 0 Å². The Morgan fingerprint density at radius 1 is 1.59 bits per heavy atom. The van der Waals surface area contributed by atoms with Gasteiger partial charge in [0, 0.05) is 18.5 Å². The maximum atomic E-state index is 11.2. The Morgan fingerprint density at radius 2 is 2.18 bits per heavy atom. The maximum Gasteiger partial charge on any atom is 0.320 e. The quantitative estimate of drug-likeness (QED) is 0.317. The van der Waals surface area contributed by atoms with Crippen LogP contribution in [0.15, 0.2) is 12.2 Å². The molecule has 0 aromatic rings. The molecule has 0 aromatic heterocycles. The first kappa shape index (κ1) is 13.7. The molecule has 0 aliphatic carbocycles. The van der Waals surface area contributed by atoms with Crippen molar-refractivity contribution in [1.82, 2.24) is 5.32 Å². The molecule has 96 valence electrons. The summed E-state index contributed by atoms with van der Waals surface area (Å²) in [4.78, 5) is 22.0. The van der Waals surface area contributed by atoms with Gasteiger partial charge in [0.15, 0.2) is 0 Å². The molecule has 0 radical (unpaired) electrons. The Labute approximate surface area is 102 Å². The molecule has 1 aliphatic heterocycles. The monoisotopic (exact) mass is 241 g/mol. The van der Waals surface area contributed by atoms with Crippen molar-refractivity contribution < 1.29 is 18.8 Å². The molecule has 0 aromatic carbocycles. The number of ether oxygens (including phenoxy) is 1. The number of nitrogens with one attached hydrogen (secondary N) is 1. The lowest BCUT2D eigenvalue weighted by Gasteiger charge is -2.41. The Bertz CT molecular complexity index is 329. The molecule has 1 N–H and O–H groups in total. The summed E-state index contributed by atoms with van der Waals surface area (Å²) in [5.74, 6) is -0.234. The van der Waals surface area contributed by atoms with Gasteiger partial charge in [0.05, 0.1) is 20.6 Å². The number of rotatable bonds is 6. The molecule has 5 heteroatoms. The molecule has 1 aliphatic rings. The summed E-state index contributed by atoms with van der Waals surface area (Å²) < 4.78 is 5.70. The van der Waals surface area contributed by atoms with Crippen LogP contribution in [0, 0.1) is 0 Å². The van der Waals surface area contributed by atoms with Crippen molar-refractivity contribution in [3.05, 3.63) is 12.2 Å². The van der Waals surface area contributed by atoms with Gasteiger partial charge >= 0.3 is 5.97 Å². The average molecular weight is 241 g/mol. The van der Waals surface area contributed by atoms with E-state index >= 15 is 0 Å². The second-order valence-electron chi connectivity index (χ2n) is 5.04. The predicted octanol–water partition coefficient (Wildman–Crippen LogP) is 0.418. The predicted molar refractivity (Wildman–Crippen MR) is 63.9 cm³/mol. The van der Waals surface area contributed by atoms with Crippen LogP contribution in [0.2, 0.25) is 0 Å². The number of cyclic esters (lactones) is 1. The lowest BCUT2D eigenvalue weighted by atomic mass is 10.2. The van der Waals surface area contributed by atoms with Crippen LogP contribution in [0.25, 0.3) is 0 Å². The molecule has 1 rings (SSSR count). The van der Waals surface area contributed by atoms with Crippen molar-refractivity contribution >= 4 is 11.9 Å². The van der Waals surface area contributed by atoms with Gasteiger partial charge in [-0.2, -0.15) is 0 Å². The third-order valence-corrected chi connectivity index (χ3v) is 2.97. The standard InChI is InChI=1S/C12H20N2O3/c1-9(2)12(16)13-6-5-7-14(3,4)10-8-11(15)17-10/h10H,1,5-8H2,2-4H3/p+1. The van der Waals surface area contributed by atoms with E-state index in [1.807, 2.05) is 14.1 Å². The first-order valence-electron chi connectivity index (χ1n) is 5.79. The van der Waals surface area contributed by atoms with E-state index in [0.29, 0.717) is 23.0 Å². The van der Waals surface area contributed by atoms with Crippen LogP contribution in [-0.2, 0) is 14.3 Å². The number of hydrogen-bond donors (Lipinski definition) is 1. The topological polar surface area (TPSA) is 55.4 Å². The van der Waals surface area contributed by atoms with Gasteiger partial charge in [-0.15, -0.1) is 0 Å². The van der Waals surface area contributed by atoms with Crippen LogP contribution >= 0.6 is 0 Å². The molecule has 0 saturated carbocycles. The van der Waals surface area contributed by atoms with E-state index in [4.69, 9.17) is 4.74 Å². The zero-order valence-electron chi connectivity index (χ0n) is 10.8. The molecule has 1 amide bonds. The average Bonchev–Trinajstić information content (AvgIpc) is 2.19. The minimum Gasteiger partial charge on any atom is -0.411 e.